The number of pyridine rings is 1. The Labute approximate surface area is 119 Å². The Hall–Kier alpha value is -2.00. The van der Waals surface area contributed by atoms with Gasteiger partial charge >= 0.3 is 0 Å². The highest BCUT2D eigenvalue weighted by Gasteiger charge is 2.15. The van der Waals surface area contributed by atoms with Crippen LogP contribution in [0.4, 0.5) is 0 Å². The van der Waals surface area contributed by atoms with E-state index in [1.165, 1.54) is 5.56 Å². The van der Waals surface area contributed by atoms with Crippen LogP contribution in [0.2, 0.25) is 0 Å². The highest BCUT2D eigenvalue weighted by molar-refractivity contribution is 6.09. The van der Waals surface area contributed by atoms with Crippen molar-refractivity contribution in [1.82, 2.24) is 4.98 Å². The molecule has 0 aliphatic carbocycles. The lowest BCUT2D eigenvalue weighted by Gasteiger charge is -2.19. The van der Waals surface area contributed by atoms with Gasteiger partial charge in [0.05, 0.1) is 5.69 Å². The molecule has 2 rings (SSSR count). The van der Waals surface area contributed by atoms with E-state index >= 15 is 0 Å². The van der Waals surface area contributed by atoms with Gasteiger partial charge in [0.15, 0.2) is 5.78 Å². The summed E-state index contributed by atoms with van der Waals surface area (Å²) < 4.78 is 0. The largest absolute Gasteiger partial charge is 0.325 e. The van der Waals surface area contributed by atoms with E-state index in [9.17, 15) is 4.79 Å². The summed E-state index contributed by atoms with van der Waals surface area (Å²) in [5.41, 5.74) is 8.89. The third-order valence-corrected chi connectivity index (χ3v) is 3.30. The zero-order chi connectivity index (χ0) is 14.8. The highest BCUT2D eigenvalue weighted by atomic mass is 16.1. The summed E-state index contributed by atoms with van der Waals surface area (Å²) in [6.45, 7) is 6.80. The number of aromatic nitrogens is 1. The van der Waals surface area contributed by atoms with Crippen LogP contribution in [0, 0.1) is 0 Å². The Balaban J connectivity index is 2.29. The van der Waals surface area contributed by atoms with Crippen LogP contribution in [-0.4, -0.2) is 10.8 Å². The molecule has 20 heavy (non-hydrogen) atoms. The third-order valence-electron chi connectivity index (χ3n) is 3.30. The van der Waals surface area contributed by atoms with Crippen LogP contribution in [0.3, 0.4) is 0 Å². The first-order chi connectivity index (χ1) is 9.41. The predicted octanol–water partition coefficient (Wildman–Crippen LogP) is 3.07. The van der Waals surface area contributed by atoms with Crippen molar-refractivity contribution in [1.29, 1.82) is 0 Å². The van der Waals surface area contributed by atoms with Gasteiger partial charge in [-0.1, -0.05) is 45.0 Å². The van der Waals surface area contributed by atoms with Crippen LogP contribution in [0.5, 0.6) is 0 Å². The Morgan fingerprint density at radius 1 is 1.10 bits per heavy atom. The average Bonchev–Trinajstić information content (AvgIpc) is 2.46. The van der Waals surface area contributed by atoms with Gasteiger partial charge in [0.1, 0.15) is 0 Å². The summed E-state index contributed by atoms with van der Waals surface area (Å²) in [6, 6.07) is 11.3. The lowest BCUT2D eigenvalue weighted by Crippen LogP contribution is -2.11. The van der Waals surface area contributed by atoms with E-state index in [-0.39, 0.29) is 11.2 Å². The number of ketones is 1. The van der Waals surface area contributed by atoms with E-state index in [1.54, 1.807) is 18.3 Å². The van der Waals surface area contributed by atoms with Crippen molar-refractivity contribution in [3.63, 3.8) is 0 Å². The Kier molecular flexibility index (Phi) is 4.00. The van der Waals surface area contributed by atoms with Crippen molar-refractivity contribution in [2.24, 2.45) is 5.73 Å². The van der Waals surface area contributed by atoms with Crippen molar-refractivity contribution in [2.45, 2.75) is 32.7 Å². The Morgan fingerprint density at radius 3 is 2.30 bits per heavy atom. The molecule has 0 aliphatic heterocycles. The zero-order valence-electron chi connectivity index (χ0n) is 12.2. The van der Waals surface area contributed by atoms with E-state index in [0.29, 0.717) is 17.7 Å². The van der Waals surface area contributed by atoms with Gasteiger partial charge in [-0.25, -0.2) is 0 Å². The number of nitrogens with zero attached hydrogens (tertiary/aromatic N) is 1. The molecule has 3 nitrogen and oxygen atoms in total. The van der Waals surface area contributed by atoms with Crippen LogP contribution >= 0.6 is 0 Å². The number of benzene rings is 1. The van der Waals surface area contributed by atoms with Crippen molar-refractivity contribution in [3.8, 4) is 0 Å². The lowest BCUT2D eigenvalue weighted by atomic mass is 9.86. The molecule has 0 saturated carbocycles. The molecule has 0 amide bonds. The van der Waals surface area contributed by atoms with Crippen molar-refractivity contribution in [3.05, 3.63) is 65.0 Å². The summed E-state index contributed by atoms with van der Waals surface area (Å²) in [7, 11) is 0. The van der Waals surface area contributed by atoms with Gasteiger partial charge in [-0.2, -0.15) is 0 Å². The second-order valence-corrected chi connectivity index (χ2v) is 5.90. The molecule has 1 aromatic carbocycles. The number of carbonyl (C=O) groups excluding carboxylic acids is 1. The minimum absolute atomic E-state index is 0.00237. The average molecular weight is 268 g/mol. The molecule has 0 fully saturated rings. The lowest BCUT2D eigenvalue weighted by molar-refractivity contribution is 0.103. The topological polar surface area (TPSA) is 56.0 Å². The first-order valence-electron chi connectivity index (χ1n) is 6.72. The molecule has 0 aliphatic rings. The second kappa shape index (κ2) is 5.55. The molecular formula is C17H20N2O. The minimum Gasteiger partial charge on any atom is -0.325 e. The van der Waals surface area contributed by atoms with E-state index < -0.39 is 0 Å². The van der Waals surface area contributed by atoms with Crippen LogP contribution in [0.15, 0.2) is 42.6 Å². The molecule has 2 aromatic rings. The maximum absolute atomic E-state index is 12.4. The summed E-state index contributed by atoms with van der Waals surface area (Å²) in [4.78, 5) is 16.5. The van der Waals surface area contributed by atoms with E-state index in [4.69, 9.17) is 5.73 Å². The molecule has 104 valence electrons. The molecule has 0 bridgehead atoms. The molecule has 3 heteroatoms. The monoisotopic (exact) mass is 268 g/mol. The predicted molar refractivity (Wildman–Crippen MR) is 80.7 cm³/mol. The molecule has 2 N–H and O–H groups in total. The minimum atomic E-state index is 0.00237. The fourth-order valence-electron chi connectivity index (χ4n) is 2.02. The van der Waals surface area contributed by atoms with Crippen LogP contribution in [0.1, 0.15) is 48.0 Å². The van der Waals surface area contributed by atoms with Gasteiger partial charge in [-0.15, -0.1) is 0 Å². The quantitative estimate of drug-likeness (QED) is 0.870. The summed E-state index contributed by atoms with van der Waals surface area (Å²) in [6.07, 6.45) is 1.62. The SMILES string of the molecule is CC(C)(C)c1ccc(C(=O)c2ccnc(CN)c2)cc1. The first-order valence-corrected chi connectivity index (χ1v) is 6.72. The van der Waals surface area contributed by atoms with Crippen molar-refractivity contribution < 1.29 is 4.79 Å². The fraction of sp³-hybridized carbons (Fsp3) is 0.294. The fourth-order valence-corrected chi connectivity index (χ4v) is 2.02. The molecule has 0 spiro atoms. The van der Waals surface area contributed by atoms with Gasteiger partial charge < -0.3 is 5.73 Å². The molecule has 1 heterocycles. The maximum Gasteiger partial charge on any atom is 0.193 e. The number of hydrogen-bond donors (Lipinski definition) is 1. The van der Waals surface area contributed by atoms with Gasteiger partial charge in [0, 0.05) is 23.9 Å². The van der Waals surface area contributed by atoms with Crippen LogP contribution < -0.4 is 5.73 Å². The molecule has 1 aromatic heterocycles. The van der Waals surface area contributed by atoms with Gasteiger partial charge in [-0.3, -0.25) is 9.78 Å². The van der Waals surface area contributed by atoms with Gasteiger partial charge in [0.25, 0.3) is 0 Å². The second-order valence-electron chi connectivity index (χ2n) is 5.90. The number of hydrogen-bond acceptors (Lipinski definition) is 3. The molecule has 0 unspecified atom stereocenters. The van der Waals surface area contributed by atoms with E-state index in [2.05, 4.69) is 25.8 Å². The Morgan fingerprint density at radius 2 is 1.75 bits per heavy atom. The van der Waals surface area contributed by atoms with Crippen LogP contribution in [-0.2, 0) is 12.0 Å². The highest BCUT2D eigenvalue weighted by Crippen LogP contribution is 2.22. The van der Waals surface area contributed by atoms with Crippen LogP contribution in [0.25, 0.3) is 0 Å². The summed E-state index contributed by atoms with van der Waals surface area (Å²) in [5.74, 6) is 0.00237. The summed E-state index contributed by atoms with van der Waals surface area (Å²) in [5, 5.41) is 0. The first kappa shape index (κ1) is 14.4. The Bertz CT molecular complexity index is 610. The van der Waals surface area contributed by atoms with Gasteiger partial charge in [0.2, 0.25) is 0 Å². The van der Waals surface area contributed by atoms with Crippen molar-refractivity contribution >= 4 is 5.78 Å². The zero-order valence-corrected chi connectivity index (χ0v) is 12.2. The number of nitrogens with two attached hydrogens (primary N) is 1. The normalized spacial score (nSPS) is 11.4. The standard InChI is InChI=1S/C17H20N2O/c1-17(2,3)14-6-4-12(5-7-14)16(20)13-8-9-19-15(10-13)11-18/h4-10H,11,18H2,1-3H3. The molecule has 0 atom stereocenters. The number of carbonyl (C=O) groups is 1. The maximum atomic E-state index is 12.4. The summed E-state index contributed by atoms with van der Waals surface area (Å²) >= 11 is 0. The molecule has 0 radical (unpaired) electrons. The third kappa shape index (κ3) is 3.11. The number of rotatable bonds is 3. The van der Waals surface area contributed by atoms with Gasteiger partial charge in [-0.05, 0) is 23.1 Å². The van der Waals surface area contributed by atoms with E-state index in [1.807, 2.05) is 24.3 Å². The van der Waals surface area contributed by atoms with Crippen molar-refractivity contribution in [2.75, 3.05) is 0 Å². The smallest absolute Gasteiger partial charge is 0.193 e. The molecule has 0 saturated heterocycles. The van der Waals surface area contributed by atoms with E-state index in [0.717, 1.165) is 5.69 Å². The molecular weight excluding hydrogens is 248 g/mol.